The molecule has 0 unspecified atom stereocenters. The summed E-state index contributed by atoms with van der Waals surface area (Å²) in [4.78, 5) is 37.3. The number of amides is 4. The molecule has 0 radical (unpaired) electrons. The minimum atomic E-state index is -0.492. The molecule has 1 aliphatic carbocycles. The van der Waals surface area contributed by atoms with Crippen LogP contribution in [0.4, 0.5) is 4.79 Å². The van der Waals surface area contributed by atoms with Crippen molar-refractivity contribution in [2.24, 2.45) is 11.8 Å². The Morgan fingerprint density at radius 2 is 2.00 bits per heavy atom. The van der Waals surface area contributed by atoms with E-state index in [1.54, 1.807) is 0 Å². The van der Waals surface area contributed by atoms with Crippen molar-refractivity contribution in [3.8, 4) is 0 Å². The summed E-state index contributed by atoms with van der Waals surface area (Å²) >= 11 is 0. The van der Waals surface area contributed by atoms with Crippen molar-refractivity contribution >= 4 is 17.8 Å². The van der Waals surface area contributed by atoms with Crippen LogP contribution in [0, 0.1) is 11.8 Å². The Morgan fingerprint density at radius 3 is 2.64 bits per heavy atom. The second kappa shape index (κ2) is 7.11. The second-order valence-electron chi connectivity index (χ2n) is 6.99. The Hall–Kier alpha value is -1.59. The highest BCUT2D eigenvalue weighted by Crippen LogP contribution is 2.23. The van der Waals surface area contributed by atoms with Crippen LogP contribution in [0.2, 0.25) is 0 Å². The van der Waals surface area contributed by atoms with E-state index in [1.807, 2.05) is 13.8 Å². The molecule has 2 rings (SSSR count). The molecule has 2 aliphatic rings. The molecule has 2 N–H and O–H groups in total. The summed E-state index contributed by atoms with van der Waals surface area (Å²) in [5.74, 6) is 0.235. The van der Waals surface area contributed by atoms with Crippen LogP contribution in [0.3, 0.4) is 0 Å². The van der Waals surface area contributed by atoms with Crippen LogP contribution in [0.15, 0.2) is 0 Å². The molecular formula is C16H27N3O3. The lowest BCUT2D eigenvalue weighted by molar-refractivity contribution is -0.132. The molecule has 0 aromatic rings. The van der Waals surface area contributed by atoms with E-state index in [-0.39, 0.29) is 24.4 Å². The smallest absolute Gasteiger partial charge is 0.325 e. The second-order valence-corrected chi connectivity index (χ2v) is 6.99. The molecule has 0 spiro atoms. The van der Waals surface area contributed by atoms with Crippen LogP contribution in [-0.2, 0) is 9.59 Å². The van der Waals surface area contributed by atoms with E-state index in [2.05, 4.69) is 17.6 Å². The molecule has 6 heteroatoms. The Bertz CT molecular complexity index is 450. The third-order valence-corrected chi connectivity index (χ3v) is 4.57. The standard InChI is InChI=1S/C16H27N3O3/c1-10(2)8-13-15(21)19(16(22)18-13)9-14(20)17-12-7-5-4-6-11(12)3/h10-13H,4-9H2,1-3H3,(H,17,20)(H,18,22)/t11-,12-,13-/m0/s1. The first-order valence-electron chi connectivity index (χ1n) is 8.29. The number of urea groups is 1. The van der Waals surface area contributed by atoms with E-state index in [1.165, 1.54) is 6.42 Å². The monoisotopic (exact) mass is 309 g/mol. The highest BCUT2D eigenvalue weighted by atomic mass is 16.2. The molecule has 1 heterocycles. The maximum absolute atomic E-state index is 12.2. The van der Waals surface area contributed by atoms with Gasteiger partial charge in [0.1, 0.15) is 12.6 Å². The van der Waals surface area contributed by atoms with Crippen molar-refractivity contribution in [2.75, 3.05) is 6.54 Å². The number of hydrogen-bond acceptors (Lipinski definition) is 3. The maximum Gasteiger partial charge on any atom is 0.325 e. The molecule has 4 amide bonds. The van der Waals surface area contributed by atoms with Gasteiger partial charge in [0.2, 0.25) is 5.91 Å². The number of rotatable bonds is 5. The minimum Gasteiger partial charge on any atom is -0.352 e. The number of imide groups is 1. The van der Waals surface area contributed by atoms with Gasteiger partial charge < -0.3 is 10.6 Å². The lowest BCUT2D eigenvalue weighted by Gasteiger charge is -2.29. The molecule has 1 aliphatic heterocycles. The first kappa shape index (κ1) is 16.8. The van der Waals surface area contributed by atoms with Crippen LogP contribution in [0.25, 0.3) is 0 Å². The zero-order valence-electron chi connectivity index (χ0n) is 13.7. The van der Waals surface area contributed by atoms with Gasteiger partial charge in [0.25, 0.3) is 5.91 Å². The quantitative estimate of drug-likeness (QED) is 0.758. The first-order valence-corrected chi connectivity index (χ1v) is 8.29. The highest BCUT2D eigenvalue weighted by Gasteiger charge is 2.39. The average Bonchev–Trinajstić information content (AvgIpc) is 2.68. The number of nitrogens with zero attached hydrogens (tertiary/aromatic N) is 1. The van der Waals surface area contributed by atoms with E-state index in [0.29, 0.717) is 18.3 Å². The van der Waals surface area contributed by atoms with Crippen molar-refractivity contribution in [1.29, 1.82) is 0 Å². The van der Waals surface area contributed by atoms with Crippen LogP contribution < -0.4 is 10.6 Å². The maximum atomic E-state index is 12.2. The van der Waals surface area contributed by atoms with Gasteiger partial charge >= 0.3 is 6.03 Å². The third kappa shape index (κ3) is 3.99. The van der Waals surface area contributed by atoms with E-state index in [4.69, 9.17) is 0 Å². The highest BCUT2D eigenvalue weighted by molar-refractivity contribution is 6.06. The molecule has 0 aromatic heterocycles. The third-order valence-electron chi connectivity index (χ3n) is 4.57. The van der Waals surface area contributed by atoms with Crippen LogP contribution in [0.1, 0.15) is 52.9 Å². The molecule has 22 heavy (non-hydrogen) atoms. The first-order chi connectivity index (χ1) is 10.4. The zero-order valence-corrected chi connectivity index (χ0v) is 13.7. The number of carbonyl (C=O) groups is 3. The predicted molar refractivity (Wildman–Crippen MR) is 83.1 cm³/mol. The lowest BCUT2D eigenvalue weighted by atomic mass is 9.86. The normalized spacial score (nSPS) is 28.9. The fraction of sp³-hybridized carbons (Fsp3) is 0.812. The van der Waals surface area contributed by atoms with Gasteiger partial charge in [-0.25, -0.2) is 4.79 Å². The topological polar surface area (TPSA) is 78.5 Å². The summed E-state index contributed by atoms with van der Waals surface area (Å²) in [6.07, 6.45) is 5.02. The summed E-state index contributed by atoms with van der Waals surface area (Å²) in [6, 6.07) is -0.787. The Kier molecular flexibility index (Phi) is 5.42. The van der Waals surface area contributed by atoms with Gasteiger partial charge in [0.15, 0.2) is 0 Å². The molecule has 0 bridgehead atoms. The van der Waals surface area contributed by atoms with E-state index >= 15 is 0 Å². The largest absolute Gasteiger partial charge is 0.352 e. The Balaban J connectivity index is 1.88. The predicted octanol–water partition coefficient (Wildman–Crippen LogP) is 1.65. The van der Waals surface area contributed by atoms with Gasteiger partial charge in [-0.3, -0.25) is 14.5 Å². The molecule has 124 valence electrons. The minimum absolute atomic E-state index is 0.161. The zero-order chi connectivity index (χ0) is 16.3. The summed E-state index contributed by atoms with van der Waals surface area (Å²) in [5, 5.41) is 5.64. The van der Waals surface area contributed by atoms with Crippen molar-refractivity contribution in [3.63, 3.8) is 0 Å². The number of hydrogen-bond donors (Lipinski definition) is 2. The Morgan fingerprint density at radius 1 is 1.32 bits per heavy atom. The lowest BCUT2D eigenvalue weighted by Crippen LogP contribution is -2.47. The molecule has 3 atom stereocenters. The summed E-state index contributed by atoms with van der Waals surface area (Å²) in [7, 11) is 0. The summed E-state index contributed by atoms with van der Waals surface area (Å²) in [5.41, 5.74) is 0. The fourth-order valence-electron chi connectivity index (χ4n) is 3.28. The molecular weight excluding hydrogens is 282 g/mol. The van der Waals surface area contributed by atoms with Crippen LogP contribution >= 0.6 is 0 Å². The van der Waals surface area contributed by atoms with Gasteiger partial charge in [-0.15, -0.1) is 0 Å². The van der Waals surface area contributed by atoms with Gasteiger partial charge in [-0.2, -0.15) is 0 Å². The molecule has 0 aromatic carbocycles. The average molecular weight is 309 g/mol. The van der Waals surface area contributed by atoms with E-state index in [0.717, 1.165) is 24.2 Å². The van der Waals surface area contributed by atoms with Gasteiger partial charge in [0.05, 0.1) is 0 Å². The van der Waals surface area contributed by atoms with Crippen LogP contribution in [-0.4, -0.2) is 41.4 Å². The molecule has 1 saturated carbocycles. The van der Waals surface area contributed by atoms with Gasteiger partial charge in [-0.05, 0) is 31.1 Å². The summed E-state index contributed by atoms with van der Waals surface area (Å²) in [6.45, 7) is 5.96. The van der Waals surface area contributed by atoms with Crippen LogP contribution in [0.5, 0.6) is 0 Å². The van der Waals surface area contributed by atoms with Gasteiger partial charge in [-0.1, -0.05) is 33.6 Å². The van der Waals surface area contributed by atoms with E-state index < -0.39 is 12.1 Å². The molecule has 2 fully saturated rings. The molecule has 6 nitrogen and oxygen atoms in total. The van der Waals surface area contributed by atoms with Crippen molar-refractivity contribution in [3.05, 3.63) is 0 Å². The Labute approximate surface area is 132 Å². The van der Waals surface area contributed by atoms with Gasteiger partial charge in [0, 0.05) is 6.04 Å². The van der Waals surface area contributed by atoms with E-state index in [9.17, 15) is 14.4 Å². The van der Waals surface area contributed by atoms with Crippen molar-refractivity contribution in [2.45, 2.75) is 65.0 Å². The number of carbonyl (C=O) groups excluding carboxylic acids is 3. The molecule has 1 saturated heterocycles. The fourth-order valence-corrected chi connectivity index (χ4v) is 3.28. The number of nitrogens with one attached hydrogen (secondary N) is 2. The summed E-state index contributed by atoms with van der Waals surface area (Å²) < 4.78 is 0. The SMILES string of the molecule is CC(C)C[C@@H]1NC(=O)N(CC(=O)N[C@H]2CCCC[C@@H]2C)C1=O. The van der Waals surface area contributed by atoms with Crippen molar-refractivity contribution in [1.82, 2.24) is 15.5 Å². The van der Waals surface area contributed by atoms with Crippen molar-refractivity contribution < 1.29 is 14.4 Å².